The topological polar surface area (TPSA) is 92.5 Å². The Balaban J connectivity index is 1.60. The second kappa shape index (κ2) is 5.92. The average molecular weight is 367 g/mol. The fourth-order valence-corrected chi connectivity index (χ4v) is 3.39. The lowest BCUT2D eigenvalue weighted by atomic mass is 10.1. The van der Waals surface area contributed by atoms with Gasteiger partial charge in [-0.25, -0.2) is 4.98 Å². The molecule has 1 aliphatic rings. The predicted molar refractivity (Wildman–Crippen MR) is 95.4 cm³/mol. The Bertz CT molecular complexity index is 1050. The molecule has 0 atom stereocenters. The Kier molecular flexibility index (Phi) is 3.69. The van der Waals surface area contributed by atoms with Crippen molar-refractivity contribution < 1.29 is 18.8 Å². The third kappa shape index (κ3) is 2.51. The standard InChI is InChI=1S/C18H13N3O4S/c1-9-14(20-16(25-9)13-4-3-7-26-13)15(22)19-10-5-6-11-12(8-10)18(24)21(2)17(11)23/h3-8H,1-2H3,(H,19,22). The van der Waals surface area contributed by atoms with Crippen molar-refractivity contribution in [3.8, 4) is 10.8 Å². The van der Waals surface area contributed by atoms with E-state index in [0.29, 0.717) is 22.9 Å². The molecular weight excluding hydrogens is 354 g/mol. The number of imide groups is 1. The molecule has 0 fully saturated rings. The molecule has 0 aliphatic carbocycles. The molecule has 3 amide bonds. The summed E-state index contributed by atoms with van der Waals surface area (Å²) in [6.07, 6.45) is 0. The van der Waals surface area contributed by atoms with E-state index in [-0.39, 0.29) is 17.2 Å². The van der Waals surface area contributed by atoms with Gasteiger partial charge in [-0.1, -0.05) is 6.07 Å². The van der Waals surface area contributed by atoms with Gasteiger partial charge in [0.05, 0.1) is 16.0 Å². The number of amides is 3. The number of thiophene rings is 1. The Morgan fingerprint density at radius 2 is 1.96 bits per heavy atom. The zero-order valence-electron chi connectivity index (χ0n) is 13.9. The number of oxazole rings is 1. The maximum absolute atomic E-state index is 12.5. The normalized spacial score (nSPS) is 13.2. The summed E-state index contributed by atoms with van der Waals surface area (Å²) in [5, 5.41) is 4.59. The van der Waals surface area contributed by atoms with Gasteiger partial charge in [-0.2, -0.15) is 0 Å². The van der Waals surface area contributed by atoms with Crippen molar-refractivity contribution in [3.05, 3.63) is 58.3 Å². The largest absolute Gasteiger partial charge is 0.440 e. The molecule has 0 saturated carbocycles. The summed E-state index contributed by atoms with van der Waals surface area (Å²) in [6, 6.07) is 8.33. The highest BCUT2D eigenvalue weighted by atomic mass is 32.1. The molecule has 3 aromatic rings. The molecule has 2 aromatic heterocycles. The lowest BCUT2D eigenvalue weighted by Gasteiger charge is -2.04. The van der Waals surface area contributed by atoms with Gasteiger partial charge in [-0.15, -0.1) is 11.3 Å². The Morgan fingerprint density at radius 3 is 2.69 bits per heavy atom. The van der Waals surface area contributed by atoms with Crippen LogP contribution in [0.1, 0.15) is 37.0 Å². The summed E-state index contributed by atoms with van der Waals surface area (Å²) >= 11 is 1.47. The van der Waals surface area contributed by atoms with E-state index in [4.69, 9.17) is 4.42 Å². The SMILES string of the molecule is Cc1oc(-c2cccs2)nc1C(=O)Nc1ccc2c(c1)C(=O)N(C)C2=O. The zero-order chi connectivity index (χ0) is 18.4. The van der Waals surface area contributed by atoms with Gasteiger partial charge in [0.15, 0.2) is 5.69 Å². The Morgan fingerprint density at radius 1 is 1.19 bits per heavy atom. The molecule has 8 heteroatoms. The first-order valence-electron chi connectivity index (χ1n) is 7.75. The van der Waals surface area contributed by atoms with Crippen molar-refractivity contribution >= 4 is 34.7 Å². The number of fused-ring (bicyclic) bond motifs is 1. The molecule has 1 aliphatic heterocycles. The van der Waals surface area contributed by atoms with Crippen molar-refractivity contribution in [1.82, 2.24) is 9.88 Å². The van der Waals surface area contributed by atoms with Crippen LogP contribution < -0.4 is 5.32 Å². The number of aryl methyl sites for hydroxylation is 1. The molecule has 26 heavy (non-hydrogen) atoms. The lowest BCUT2D eigenvalue weighted by molar-refractivity contribution is 0.0692. The van der Waals surface area contributed by atoms with Crippen LogP contribution in [0.25, 0.3) is 10.8 Å². The van der Waals surface area contributed by atoms with E-state index < -0.39 is 11.8 Å². The molecule has 1 aromatic carbocycles. The molecule has 0 saturated heterocycles. The van der Waals surface area contributed by atoms with Crippen LogP contribution in [0.15, 0.2) is 40.1 Å². The van der Waals surface area contributed by atoms with Gasteiger partial charge in [0.25, 0.3) is 17.7 Å². The second-order valence-electron chi connectivity index (χ2n) is 5.78. The third-order valence-electron chi connectivity index (χ3n) is 4.09. The summed E-state index contributed by atoms with van der Waals surface area (Å²) in [5.41, 5.74) is 1.18. The minimum Gasteiger partial charge on any atom is -0.440 e. The van der Waals surface area contributed by atoms with Gasteiger partial charge in [0, 0.05) is 12.7 Å². The smallest absolute Gasteiger partial charge is 0.277 e. The third-order valence-corrected chi connectivity index (χ3v) is 4.95. The maximum atomic E-state index is 12.5. The van der Waals surface area contributed by atoms with Crippen LogP contribution in [0.5, 0.6) is 0 Å². The zero-order valence-corrected chi connectivity index (χ0v) is 14.7. The van der Waals surface area contributed by atoms with E-state index >= 15 is 0 Å². The Hall–Kier alpha value is -3.26. The fraction of sp³-hybridized carbons (Fsp3) is 0.111. The highest BCUT2D eigenvalue weighted by Crippen LogP contribution is 2.27. The van der Waals surface area contributed by atoms with Gasteiger partial charge < -0.3 is 9.73 Å². The van der Waals surface area contributed by atoms with Gasteiger partial charge >= 0.3 is 0 Å². The average Bonchev–Trinajstić information content (AvgIpc) is 3.32. The van der Waals surface area contributed by atoms with Crippen LogP contribution in [0.2, 0.25) is 0 Å². The van der Waals surface area contributed by atoms with E-state index in [1.165, 1.54) is 30.5 Å². The van der Waals surface area contributed by atoms with E-state index in [1.807, 2.05) is 17.5 Å². The number of hydrogen-bond acceptors (Lipinski definition) is 6. The molecular formula is C18H13N3O4S. The van der Waals surface area contributed by atoms with E-state index in [2.05, 4.69) is 10.3 Å². The molecule has 0 spiro atoms. The number of carbonyl (C=O) groups is 3. The van der Waals surface area contributed by atoms with Crippen molar-refractivity contribution in [2.45, 2.75) is 6.92 Å². The van der Waals surface area contributed by atoms with Gasteiger partial charge in [0.1, 0.15) is 5.76 Å². The maximum Gasteiger partial charge on any atom is 0.277 e. The predicted octanol–water partition coefficient (Wildman–Crippen LogP) is 3.19. The summed E-state index contributed by atoms with van der Waals surface area (Å²) in [7, 11) is 1.42. The first kappa shape index (κ1) is 16.2. The summed E-state index contributed by atoms with van der Waals surface area (Å²) < 4.78 is 5.57. The summed E-state index contributed by atoms with van der Waals surface area (Å²) in [4.78, 5) is 42.7. The number of carbonyl (C=O) groups excluding carboxylic acids is 3. The van der Waals surface area contributed by atoms with Crippen molar-refractivity contribution in [2.75, 3.05) is 12.4 Å². The van der Waals surface area contributed by atoms with E-state index in [9.17, 15) is 14.4 Å². The molecule has 3 heterocycles. The molecule has 0 bridgehead atoms. The molecule has 7 nitrogen and oxygen atoms in total. The summed E-state index contributed by atoms with van der Waals surface area (Å²) in [5.74, 6) is -0.398. The molecule has 130 valence electrons. The molecule has 0 radical (unpaired) electrons. The number of benzene rings is 1. The van der Waals surface area contributed by atoms with Gasteiger partial charge in [0.2, 0.25) is 5.89 Å². The number of aromatic nitrogens is 1. The second-order valence-corrected chi connectivity index (χ2v) is 6.73. The minimum atomic E-state index is -0.445. The number of hydrogen-bond donors (Lipinski definition) is 1. The van der Waals surface area contributed by atoms with Crippen LogP contribution >= 0.6 is 11.3 Å². The van der Waals surface area contributed by atoms with Crippen LogP contribution in [0, 0.1) is 6.92 Å². The van der Waals surface area contributed by atoms with Crippen molar-refractivity contribution in [2.24, 2.45) is 0 Å². The first-order chi connectivity index (χ1) is 12.5. The molecule has 1 N–H and O–H groups in total. The van der Waals surface area contributed by atoms with Crippen LogP contribution in [0.4, 0.5) is 5.69 Å². The number of nitrogens with one attached hydrogen (secondary N) is 1. The quantitative estimate of drug-likeness (QED) is 0.718. The minimum absolute atomic E-state index is 0.174. The fourth-order valence-electron chi connectivity index (χ4n) is 2.74. The first-order valence-corrected chi connectivity index (χ1v) is 8.63. The molecule has 0 unspecified atom stereocenters. The number of rotatable bonds is 3. The highest BCUT2D eigenvalue weighted by Gasteiger charge is 2.33. The van der Waals surface area contributed by atoms with Crippen LogP contribution in [-0.2, 0) is 0 Å². The van der Waals surface area contributed by atoms with Crippen LogP contribution in [-0.4, -0.2) is 34.7 Å². The van der Waals surface area contributed by atoms with Gasteiger partial charge in [-0.3, -0.25) is 19.3 Å². The Labute approximate surface area is 152 Å². The van der Waals surface area contributed by atoms with Crippen LogP contribution in [0.3, 0.4) is 0 Å². The lowest BCUT2D eigenvalue weighted by Crippen LogP contribution is -2.24. The number of anilines is 1. The monoisotopic (exact) mass is 367 g/mol. The highest BCUT2D eigenvalue weighted by molar-refractivity contribution is 7.13. The van der Waals surface area contributed by atoms with Crippen molar-refractivity contribution in [1.29, 1.82) is 0 Å². The van der Waals surface area contributed by atoms with Gasteiger partial charge in [-0.05, 0) is 36.6 Å². The van der Waals surface area contributed by atoms with E-state index in [1.54, 1.807) is 13.0 Å². The molecule has 4 rings (SSSR count). The summed E-state index contributed by atoms with van der Waals surface area (Å²) in [6.45, 7) is 1.67. The van der Waals surface area contributed by atoms with Crippen molar-refractivity contribution in [3.63, 3.8) is 0 Å². The van der Waals surface area contributed by atoms with E-state index in [0.717, 1.165) is 9.78 Å². The number of nitrogens with zero attached hydrogens (tertiary/aromatic N) is 2.